The minimum absolute atomic E-state index is 0.272. The van der Waals surface area contributed by atoms with Crippen molar-refractivity contribution in [1.82, 2.24) is 9.55 Å². The van der Waals surface area contributed by atoms with Gasteiger partial charge in [-0.25, -0.2) is 9.37 Å². The number of aryl methyl sites for hydroxylation is 1. The zero-order valence-corrected chi connectivity index (χ0v) is 12.3. The average Bonchev–Trinajstić information content (AvgIpc) is 3.04. The summed E-state index contributed by atoms with van der Waals surface area (Å²) >= 11 is 5.88. The van der Waals surface area contributed by atoms with Gasteiger partial charge in [0.2, 0.25) is 0 Å². The predicted octanol–water partition coefficient (Wildman–Crippen LogP) is 4.08. The van der Waals surface area contributed by atoms with Gasteiger partial charge in [0.1, 0.15) is 5.82 Å². The second-order valence-corrected chi connectivity index (χ2v) is 5.63. The highest BCUT2D eigenvalue weighted by atomic mass is 35.5. The zero-order valence-electron chi connectivity index (χ0n) is 11.5. The van der Waals surface area contributed by atoms with Gasteiger partial charge in [-0.1, -0.05) is 12.8 Å². The van der Waals surface area contributed by atoms with E-state index in [1.807, 2.05) is 0 Å². The maximum Gasteiger partial charge on any atom is 0.167 e. The van der Waals surface area contributed by atoms with E-state index < -0.39 is 0 Å². The van der Waals surface area contributed by atoms with Gasteiger partial charge in [0, 0.05) is 30.5 Å². The van der Waals surface area contributed by atoms with E-state index in [-0.39, 0.29) is 11.6 Å². The van der Waals surface area contributed by atoms with Crippen molar-refractivity contribution in [3.8, 4) is 5.75 Å². The van der Waals surface area contributed by atoms with Gasteiger partial charge in [-0.3, -0.25) is 0 Å². The molecule has 1 aromatic carbocycles. The van der Waals surface area contributed by atoms with Gasteiger partial charge in [0.25, 0.3) is 0 Å². The van der Waals surface area contributed by atoms with E-state index >= 15 is 0 Å². The molecule has 1 fully saturated rings. The fourth-order valence-electron chi connectivity index (χ4n) is 3.13. The fourth-order valence-corrected chi connectivity index (χ4v) is 3.30. The summed E-state index contributed by atoms with van der Waals surface area (Å²) in [6.07, 6.45) is 5.49. The Balaban J connectivity index is 2.18. The van der Waals surface area contributed by atoms with Crippen molar-refractivity contribution in [2.75, 3.05) is 13.0 Å². The molecule has 1 aliphatic carbocycles. The number of hydrogen-bond donors (Lipinski definition) is 0. The summed E-state index contributed by atoms with van der Waals surface area (Å²) in [6.45, 7) is 0. The van der Waals surface area contributed by atoms with E-state index in [9.17, 15) is 4.39 Å². The van der Waals surface area contributed by atoms with Gasteiger partial charge in [0.05, 0.1) is 18.1 Å². The molecule has 20 heavy (non-hydrogen) atoms. The summed E-state index contributed by atoms with van der Waals surface area (Å²) in [7, 11) is 1.49. The van der Waals surface area contributed by atoms with Crippen molar-refractivity contribution in [3.63, 3.8) is 0 Å². The Morgan fingerprint density at radius 2 is 2.15 bits per heavy atom. The Kier molecular flexibility index (Phi) is 3.83. The topological polar surface area (TPSA) is 27.1 Å². The number of methoxy groups -OCH3 is 1. The number of aromatic nitrogens is 2. The Labute approximate surface area is 122 Å². The lowest BCUT2D eigenvalue weighted by molar-refractivity contribution is 0.387. The molecule has 0 aliphatic heterocycles. The zero-order chi connectivity index (χ0) is 14.1. The molecule has 0 bridgehead atoms. The first-order valence-electron chi connectivity index (χ1n) is 7.05. The number of nitrogens with zero attached hydrogens (tertiary/aromatic N) is 2. The van der Waals surface area contributed by atoms with Gasteiger partial charge < -0.3 is 9.30 Å². The number of hydrogen-bond acceptors (Lipinski definition) is 2. The number of fused-ring (bicyclic) bond motifs is 1. The molecule has 0 radical (unpaired) electrons. The molecular formula is C15H18ClFN2O. The summed E-state index contributed by atoms with van der Waals surface area (Å²) in [5.41, 5.74) is 1.64. The van der Waals surface area contributed by atoms with Crippen LogP contribution in [0.2, 0.25) is 0 Å². The summed E-state index contributed by atoms with van der Waals surface area (Å²) < 4.78 is 21.2. The summed E-state index contributed by atoms with van der Waals surface area (Å²) in [6, 6.07) is 3.67. The number of benzene rings is 1. The van der Waals surface area contributed by atoms with Gasteiger partial charge in [-0.05, 0) is 12.8 Å². The van der Waals surface area contributed by atoms with E-state index in [0.717, 1.165) is 24.2 Å². The molecule has 0 amide bonds. The van der Waals surface area contributed by atoms with Crippen molar-refractivity contribution in [3.05, 3.63) is 23.8 Å². The minimum atomic E-state index is -0.367. The number of alkyl halides is 1. The van der Waals surface area contributed by atoms with Crippen LogP contribution in [0.15, 0.2) is 12.1 Å². The number of halogens is 2. The van der Waals surface area contributed by atoms with E-state index in [4.69, 9.17) is 16.3 Å². The van der Waals surface area contributed by atoms with Crippen LogP contribution >= 0.6 is 11.6 Å². The van der Waals surface area contributed by atoms with Gasteiger partial charge in [-0.15, -0.1) is 11.6 Å². The third-order valence-electron chi connectivity index (χ3n) is 4.04. The molecular weight excluding hydrogens is 279 g/mol. The van der Waals surface area contributed by atoms with Crippen molar-refractivity contribution in [2.45, 2.75) is 38.1 Å². The van der Waals surface area contributed by atoms with Gasteiger partial charge in [0.15, 0.2) is 11.6 Å². The molecule has 0 unspecified atom stereocenters. The van der Waals surface area contributed by atoms with Gasteiger partial charge >= 0.3 is 0 Å². The van der Waals surface area contributed by atoms with Crippen molar-refractivity contribution in [2.24, 2.45) is 0 Å². The smallest absolute Gasteiger partial charge is 0.167 e. The second-order valence-electron chi connectivity index (χ2n) is 5.25. The molecule has 3 rings (SSSR count). The van der Waals surface area contributed by atoms with Crippen LogP contribution < -0.4 is 4.74 Å². The van der Waals surface area contributed by atoms with Crippen LogP contribution in [0.5, 0.6) is 5.75 Å². The van der Waals surface area contributed by atoms with Gasteiger partial charge in [-0.2, -0.15) is 0 Å². The standard InChI is InChI=1S/C15H18ClFN2O/c1-20-14-9-13-12(8-11(14)17)18-15(6-7-16)19(13)10-4-2-3-5-10/h8-10H,2-7H2,1H3. The number of imidazole rings is 1. The van der Waals surface area contributed by atoms with Crippen LogP contribution in [-0.4, -0.2) is 22.5 Å². The highest BCUT2D eigenvalue weighted by Crippen LogP contribution is 2.35. The highest BCUT2D eigenvalue weighted by Gasteiger charge is 2.23. The van der Waals surface area contributed by atoms with Crippen molar-refractivity contribution >= 4 is 22.6 Å². The molecule has 1 aliphatic rings. The van der Waals surface area contributed by atoms with E-state index in [1.54, 1.807) is 6.07 Å². The fraction of sp³-hybridized carbons (Fsp3) is 0.533. The summed E-state index contributed by atoms with van der Waals surface area (Å²) in [5, 5.41) is 0. The van der Waals surface area contributed by atoms with Crippen LogP contribution in [0, 0.1) is 5.82 Å². The lowest BCUT2D eigenvalue weighted by atomic mass is 10.2. The normalized spacial score (nSPS) is 16.1. The minimum Gasteiger partial charge on any atom is -0.494 e. The maximum absolute atomic E-state index is 13.8. The first kappa shape index (κ1) is 13.7. The molecule has 0 saturated heterocycles. The lowest BCUT2D eigenvalue weighted by Crippen LogP contribution is -2.09. The predicted molar refractivity (Wildman–Crippen MR) is 78.2 cm³/mol. The first-order valence-corrected chi connectivity index (χ1v) is 7.58. The third-order valence-corrected chi connectivity index (χ3v) is 4.23. The molecule has 0 N–H and O–H groups in total. The van der Waals surface area contributed by atoms with Crippen LogP contribution in [0.1, 0.15) is 37.5 Å². The molecule has 1 heterocycles. The van der Waals surface area contributed by atoms with Crippen LogP contribution in [-0.2, 0) is 6.42 Å². The van der Waals surface area contributed by atoms with Crippen molar-refractivity contribution < 1.29 is 9.13 Å². The Bertz CT molecular complexity index is 620. The molecule has 0 atom stereocenters. The SMILES string of the molecule is COc1cc2c(cc1F)nc(CCCl)n2C1CCCC1. The monoisotopic (exact) mass is 296 g/mol. The Hall–Kier alpha value is -1.29. The first-order chi connectivity index (χ1) is 9.74. The highest BCUT2D eigenvalue weighted by molar-refractivity contribution is 6.17. The second kappa shape index (κ2) is 5.60. The quantitative estimate of drug-likeness (QED) is 0.795. The molecule has 5 heteroatoms. The largest absolute Gasteiger partial charge is 0.494 e. The Morgan fingerprint density at radius 3 is 2.80 bits per heavy atom. The lowest BCUT2D eigenvalue weighted by Gasteiger charge is -2.16. The average molecular weight is 297 g/mol. The Morgan fingerprint density at radius 1 is 1.40 bits per heavy atom. The molecule has 1 aromatic heterocycles. The molecule has 3 nitrogen and oxygen atoms in total. The summed E-state index contributed by atoms with van der Waals surface area (Å²) in [5.74, 6) is 1.38. The summed E-state index contributed by atoms with van der Waals surface area (Å²) in [4.78, 5) is 4.57. The van der Waals surface area contributed by atoms with Crippen LogP contribution in [0.25, 0.3) is 11.0 Å². The van der Waals surface area contributed by atoms with Crippen molar-refractivity contribution in [1.29, 1.82) is 0 Å². The molecule has 108 valence electrons. The third kappa shape index (κ3) is 2.26. The van der Waals surface area contributed by atoms with E-state index in [1.165, 1.54) is 26.0 Å². The van der Waals surface area contributed by atoms with E-state index in [2.05, 4.69) is 9.55 Å². The molecule has 2 aromatic rings. The number of rotatable bonds is 4. The molecule has 0 spiro atoms. The van der Waals surface area contributed by atoms with Crippen LogP contribution in [0.4, 0.5) is 4.39 Å². The van der Waals surface area contributed by atoms with Crippen LogP contribution in [0.3, 0.4) is 0 Å². The molecule has 1 saturated carbocycles. The number of ether oxygens (including phenoxy) is 1. The maximum atomic E-state index is 13.8. The van der Waals surface area contributed by atoms with E-state index in [0.29, 0.717) is 23.9 Å².